The molecule has 0 amide bonds. The molecule has 1 aromatic carbocycles. The van der Waals surface area contributed by atoms with Crippen LogP contribution in [0.3, 0.4) is 0 Å². The molecule has 1 aliphatic carbocycles. The molecule has 2 rings (SSSR count). The summed E-state index contributed by atoms with van der Waals surface area (Å²) < 4.78 is 5.07. The van der Waals surface area contributed by atoms with E-state index in [2.05, 4.69) is 0 Å². The number of halogens is 1. The Kier molecular flexibility index (Phi) is 4.27. The van der Waals surface area contributed by atoms with Crippen LogP contribution in [0.2, 0.25) is 0 Å². The van der Waals surface area contributed by atoms with Crippen LogP contribution in [0.25, 0.3) is 5.57 Å². The minimum absolute atomic E-state index is 0.179. The lowest BCUT2D eigenvalue weighted by molar-refractivity contribution is -0.138. The number of aromatic hydroxyl groups is 1. The number of carbonyl (C=O) groups is 1. The van der Waals surface area contributed by atoms with Crippen molar-refractivity contribution in [3.8, 4) is 5.75 Å². The molecule has 0 fully saturated rings. The SMILES string of the molecule is CCOC(=O)C1=C(c2ccc(O)cc2)C(Cl)=CCC1. The second-order valence-electron chi connectivity index (χ2n) is 4.21. The van der Waals surface area contributed by atoms with Crippen LogP contribution in [0.1, 0.15) is 25.3 Å². The highest BCUT2D eigenvalue weighted by molar-refractivity contribution is 6.38. The van der Waals surface area contributed by atoms with E-state index in [9.17, 15) is 9.90 Å². The first-order valence-corrected chi connectivity index (χ1v) is 6.57. The Labute approximate surface area is 117 Å². The average molecular weight is 279 g/mol. The highest BCUT2D eigenvalue weighted by Crippen LogP contribution is 2.36. The Morgan fingerprint density at radius 2 is 2.05 bits per heavy atom. The van der Waals surface area contributed by atoms with E-state index in [1.807, 2.05) is 6.08 Å². The van der Waals surface area contributed by atoms with Gasteiger partial charge in [0.05, 0.1) is 6.61 Å². The van der Waals surface area contributed by atoms with Crippen LogP contribution in [-0.2, 0) is 9.53 Å². The molecule has 0 aromatic heterocycles. The third-order valence-electron chi connectivity index (χ3n) is 2.94. The summed E-state index contributed by atoms with van der Waals surface area (Å²) in [7, 11) is 0. The van der Waals surface area contributed by atoms with Crippen LogP contribution in [0.4, 0.5) is 0 Å². The van der Waals surface area contributed by atoms with Gasteiger partial charge in [-0.3, -0.25) is 0 Å². The van der Waals surface area contributed by atoms with Crippen LogP contribution in [0.5, 0.6) is 5.75 Å². The third kappa shape index (κ3) is 2.99. The molecule has 1 aromatic rings. The molecule has 1 N–H and O–H groups in total. The molecular weight excluding hydrogens is 264 g/mol. The van der Waals surface area contributed by atoms with Gasteiger partial charge < -0.3 is 9.84 Å². The summed E-state index contributed by atoms with van der Waals surface area (Å²) in [6.07, 6.45) is 3.24. The van der Waals surface area contributed by atoms with Crippen molar-refractivity contribution < 1.29 is 14.6 Å². The number of hydrogen-bond donors (Lipinski definition) is 1. The Bertz CT molecular complexity index is 541. The highest BCUT2D eigenvalue weighted by Gasteiger charge is 2.22. The van der Waals surface area contributed by atoms with Crippen LogP contribution in [-0.4, -0.2) is 17.7 Å². The van der Waals surface area contributed by atoms with Crippen molar-refractivity contribution in [3.63, 3.8) is 0 Å². The van der Waals surface area contributed by atoms with Crippen molar-refractivity contribution in [2.75, 3.05) is 6.61 Å². The summed E-state index contributed by atoms with van der Waals surface area (Å²) in [5.41, 5.74) is 2.10. The number of phenolic OH excluding ortho intramolecular Hbond substituents is 1. The van der Waals surface area contributed by atoms with Crippen molar-refractivity contribution >= 4 is 23.1 Å². The van der Waals surface area contributed by atoms with Gasteiger partial charge in [0.1, 0.15) is 5.75 Å². The number of esters is 1. The maximum Gasteiger partial charge on any atom is 0.334 e. The number of allylic oxidation sites excluding steroid dienone is 3. The largest absolute Gasteiger partial charge is 0.508 e. The fraction of sp³-hybridized carbons (Fsp3) is 0.267. The molecule has 0 aliphatic heterocycles. The van der Waals surface area contributed by atoms with Crippen LogP contribution < -0.4 is 0 Å². The zero-order valence-corrected chi connectivity index (χ0v) is 11.4. The molecule has 0 spiro atoms. The lowest BCUT2D eigenvalue weighted by atomic mass is 9.92. The van der Waals surface area contributed by atoms with E-state index in [0.717, 1.165) is 12.0 Å². The molecule has 4 heteroatoms. The van der Waals surface area contributed by atoms with E-state index in [-0.39, 0.29) is 11.7 Å². The fourth-order valence-corrected chi connectivity index (χ4v) is 2.41. The Balaban J connectivity index is 2.48. The number of hydrogen-bond acceptors (Lipinski definition) is 3. The van der Waals surface area contributed by atoms with Crippen LogP contribution in [0, 0.1) is 0 Å². The maximum atomic E-state index is 12.0. The normalized spacial score (nSPS) is 15.2. The molecule has 0 unspecified atom stereocenters. The molecular formula is C15H15ClO3. The summed E-state index contributed by atoms with van der Waals surface area (Å²) in [6, 6.07) is 6.63. The number of phenols is 1. The van der Waals surface area contributed by atoms with Crippen molar-refractivity contribution in [1.29, 1.82) is 0 Å². The van der Waals surface area contributed by atoms with Crippen LogP contribution >= 0.6 is 11.6 Å². The molecule has 3 nitrogen and oxygen atoms in total. The number of ether oxygens (including phenoxy) is 1. The van der Waals surface area contributed by atoms with E-state index in [4.69, 9.17) is 16.3 Å². The second-order valence-corrected chi connectivity index (χ2v) is 4.62. The molecule has 0 radical (unpaired) electrons. The number of carbonyl (C=O) groups excluding carboxylic acids is 1. The number of rotatable bonds is 3. The zero-order chi connectivity index (χ0) is 13.8. The van der Waals surface area contributed by atoms with E-state index in [1.54, 1.807) is 31.2 Å². The van der Waals surface area contributed by atoms with Gasteiger partial charge in [-0.05, 0) is 37.5 Å². The molecule has 100 valence electrons. The second kappa shape index (κ2) is 5.93. The lowest BCUT2D eigenvalue weighted by Gasteiger charge is -2.18. The van der Waals surface area contributed by atoms with Crippen molar-refractivity contribution in [2.45, 2.75) is 19.8 Å². The first-order valence-electron chi connectivity index (χ1n) is 6.19. The third-order valence-corrected chi connectivity index (χ3v) is 3.28. The van der Waals surface area contributed by atoms with Crippen molar-refractivity contribution in [3.05, 3.63) is 46.5 Å². The minimum atomic E-state index is -0.322. The average Bonchev–Trinajstić information content (AvgIpc) is 2.40. The Morgan fingerprint density at radius 3 is 2.68 bits per heavy atom. The molecule has 0 atom stereocenters. The molecule has 0 heterocycles. The summed E-state index contributed by atoms with van der Waals surface area (Å²) in [6.45, 7) is 2.12. The molecule has 0 saturated carbocycles. The van der Waals surface area contributed by atoms with E-state index >= 15 is 0 Å². The molecule has 0 bridgehead atoms. The first kappa shape index (κ1) is 13.7. The standard InChI is InChI=1S/C15H15ClO3/c1-2-19-15(18)12-4-3-5-13(16)14(12)10-6-8-11(17)9-7-10/h5-9,17H,2-4H2,1H3. The Morgan fingerprint density at radius 1 is 1.37 bits per heavy atom. The van der Waals surface area contributed by atoms with Gasteiger partial charge in [0.25, 0.3) is 0 Å². The van der Waals surface area contributed by atoms with Gasteiger partial charge in [-0.2, -0.15) is 0 Å². The van der Waals surface area contributed by atoms with Crippen molar-refractivity contribution in [2.24, 2.45) is 0 Å². The van der Waals surface area contributed by atoms with E-state index in [0.29, 0.717) is 29.2 Å². The predicted octanol–water partition coefficient (Wildman–Crippen LogP) is 3.63. The monoisotopic (exact) mass is 278 g/mol. The fourth-order valence-electron chi connectivity index (χ4n) is 2.08. The van der Waals surface area contributed by atoms with Gasteiger partial charge in [0.2, 0.25) is 0 Å². The van der Waals surface area contributed by atoms with Gasteiger partial charge in [0.15, 0.2) is 0 Å². The van der Waals surface area contributed by atoms with Gasteiger partial charge >= 0.3 is 5.97 Å². The summed E-state index contributed by atoms with van der Waals surface area (Å²) in [5, 5.41) is 9.88. The maximum absolute atomic E-state index is 12.0. The number of benzene rings is 1. The smallest absolute Gasteiger partial charge is 0.334 e. The molecule has 0 saturated heterocycles. The summed E-state index contributed by atoms with van der Waals surface area (Å²) >= 11 is 6.23. The van der Waals surface area contributed by atoms with Gasteiger partial charge in [-0.1, -0.05) is 29.8 Å². The molecule has 1 aliphatic rings. The first-order chi connectivity index (χ1) is 9.13. The van der Waals surface area contributed by atoms with Gasteiger partial charge in [-0.25, -0.2) is 4.79 Å². The van der Waals surface area contributed by atoms with E-state index in [1.165, 1.54) is 0 Å². The topological polar surface area (TPSA) is 46.5 Å². The quantitative estimate of drug-likeness (QED) is 0.859. The lowest BCUT2D eigenvalue weighted by Crippen LogP contribution is -2.12. The minimum Gasteiger partial charge on any atom is -0.508 e. The van der Waals surface area contributed by atoms with Gasteiger partial charge in [0, 0.05) is 16.2 Å². The Hall–Kier alpha value is -1.74. The van der Waals surface area contributed by atoms with E-state index < -0.39 is 0 Å². The predicted molar refractivity (Wildman–Crippen MR) is 74.8 cm³/mol. The summed E-state index contributed by atoms with van der Waals surface area (Å²) in [5.74, 6) is -0.144. The molecule has 19 heavy (non-hydrogen) atoms. The van der Waals surface area contributed by atoms with Crippen LogP contribution in [0.15, 0.2) is 40.9 Å². The zero-order valence-electron chi connectivity index (χ0n) is 10.6. The highest BCUT2D eigenvalue weighted by atomic mass is 35.5. The van der Waals surface area contributed by atoms with Gasteiger partial charge in [-0.15, -0.1) is 0 Å². The van der Waals surface area contributed by atoms with Crippen molar-refractivity contribution in [1.82, 2.24) is 0 Å². The summed E-state index contributed by atoms with van der Waals surface area (Å²) in [4.78, 5) is 12.0.